The highest BCUT2D eigenvalue weighted by Crippen LogP contribution is 2.47. The molecule has 0 saturated heterocycles. The molecule has 0 aromatic heterocycles. The van der Waals surface area contributed by atoms with E-state index in [1.54, 1.807) is 0 Å². The third kappa shape index (κ3) is 5.66. The zero-order chi connectivity index (χ0) is 28.1. The predicted molar refractivity (Wildman–Crippen MR) is 176 cm³/mol. The van der Waals surface area contributed by atoms with Crippen LogP contribution >= 0.6 is 11.6 Å². The van der Waals surface area contributed by atoms with Gasteiger partial charge in [-0.3, -0.25) is 0 Å². The normalized spacial score (nSPS) is 19.2. The molecule has 1 heterocycles. The number of nitrogens with zero attached hydrogens (tertiary/aromatic N) is 2. The van der Waals surface area contributed by atoms with Crippen LogP contribution in [0.3, 0.4) is 0 Å². The lowest BCUT2D eigenvalue weighted by atomic mass is 9.74. The van der Waals surface area contributed by atoms with Crippen molar-refractivity contribution in [1.29, 1.82) is 0 Å². The Morgan fingerprint density at radius 1 is 1.00 bits per heavy atom. The Kier molecular flexibility index (Phi) is 9.16. The minimum absolute atomic E-state index is 0.159. The molecule has 0 spiro atoms. The lowest BCUT2D eigenvalue weighted by Gasteiger charge is -2.22. The molecule has 1 saturated carbocycles. The van der Waals surface area contributed by atoms with Crippen LogP contribution in [-0.2, 0) is 5.41 Å². The maximum Gasteiger partial charge on any atom is 0.210 e. The van der Waals surface area contributed by atoms with E-state index in [2.05, 4.69) is 110 Å². The predicted octanol–water partition coefficient (Wildman–Crippen LogP) is 10.3. The zero-order valence-electron chi connectivity index (χ0n) is 24.8. The Morgan fingerprint density at radius 2 is 1.77 bits per heavy atom. The van der Waals surface area contributed by atoms with Crippen molar-refractivity contribution >= 4 is 45.5 Å². The smallest absolute Gasteiger partial charge is 0.210 e. The van der Waals surface area contributed by atoms with E-state index in [1.807, 2.05) is 0 Å². The van der Waals surface area contributed by atoms with Crippen molar-refractivity contribution in [2.75, 3.05) is 24.5 Å². The van der Waals surface area contributed by atoms with E-state index in [0.717, 1.165) is 42.6 Å². The first-order chi connectivity index (χ1) is 19.5. The van der Waals surface area contributed by atoms with Gasteiger partial charge >= 0.3 is 0 Å². The summed E-state index contributed by atoms with van der Waals surface area (Å²) in [6.45, 7) is 14.0. The highest BCUT2D eigenvalue weighted by Gasteiger charge is 2.47. The van der Waals surface area contributed by atoms with Crippen molar-refractivity contribution in [3.63, 3.8) is 0 Å². The van der Waals surface area contributed by atoms with Gasteiger partial charge in [-0.2, -0.15) is 4.58 Å². The van der Waals surface area contributed by atoms with Gasteiger partial charge in [-0.05, 0) is 80.1 Å². The monoisotopic (exact) mass is 553 g/mol. The molecular weight excluding hydrogens is 508 g/mol. The van der Waals surface area contributed by atoms with Crippen LogP contribution in [-0.4, -0.2) is 29.9 Å². The van der Waals surface area contributed by atoms with Gasteiger partial charge in [0.2, 0.25) is 5.69 Å². The van der Waals surface area contributed by atoms with Crippen LogP contribution < -0.4 is 4.90 Å². The highest BCUT2D eigenvalue weighted by molar-refractivity contribution is 6.32. The van der Waals surface area contributed by atoms with Crippen LogP contribution in [0.5, 0.6) is 0 Å². The van der Waals surface area contributed by atoms with Crippen molar-refractivity contribution in [2.45, 2.75) is 77.6 Å². The summed E-state index contributed by atoms with van der Waals surface area (Å²) in [5, 5.41) is 3.46. The third-order valence-electron chi connectivity index (χ3n) is 9.41. The van der Waals surface area contributed by atoms with E-state index in [4.69, 9.17) is 11.6 Å². The van der Waals surface area contributed by atoms with Crippen molar-refractivity contribution in [3.05, 3.63) is 89.5 Å². The molecule has 1 atom stereocenters. The first-order valence-electron chi connectivity index (χ1n) is 15.5. The van der Waals surface area contributed by atoms with Gasteiger partial charge in [0.15, 0.2) is 5.71 Å². The number of anilines is 1. The van der Waals surface area contributed by atoms with Gasteiger partial charge in [-0.1, -0.05) is 80.1 Å². The average Bonchev–Trinajstić information content (AvgIpc) is 3.56. The fourth-order valence-corrected chi connectivity index (χ4v) is 7.48. The molecule has 0 radical (unpaired) electrons. The minimum atomic E-state index is -0.159. The molecule has 40 heavy (non-hydrogen) atoms. The highest BCUT2D eigenvalue weighted by atomic mass is 35.5. The fourth-order valence-electron chi connectivity index (χ4n) is 7.24. The molecule has 1 unspecified atom stereocenters. The van der Waals surface area contributed by atoms with Crippen molar-refractivity contribution in [1.82, 2.24) is 0 Å². The summed E-state index contributed by atoms with van der Waals surface area (Å²) in [5.74, 6) is 0.950. The number of hydrogen-bond donors (Lipinski definition) is 0. The minimum Gasteiger partial charge on any atom is -0.372 e. The molecule has 2 nitrogen and oxygen atoms in total. The maximum absolute atomic E-state index is 6.86. The third-order valence-corrected chi connectivity index (χ3v) is 9.74. The number of hydrogen-bond acceptors (Lipinski definition) is 1. The van der Waals surface area contributed by atoms with Gasteiger partial charge in [-0.25, -0.2) is 0 Å². The molecule has 2 aliphatic rings. The quantitative estimate of drug-likeness (QED) is 0.123. The summed E-state index contributed by atoms with van der Waals surface area (Å²) in [4.78, 5) is 2.33. The second kappa shape index (κ2) is 12.8. The van der Waals surface area contributed by atoms with Crippen LogP contribution in [0.2, 0.25) is 5.02 Å². The average molecular weight is 554 g/mol. The van der Waals surface area contributed by atoms with E-state index in [-0.39, 0.29) is 5.41 Å². The van der Waals surface area contributed by atoms with Crippen molar-refractivity contribution in [3.8, 4) is 0 Å². The molecule has 0 N–H and O–H groups in total. The molecule has 1 fully saturated rings. The number of benzene rings is 3. The van der Waals surface area contributed by atoms with Crippen LogP contribution in [0.15, 0.2) is 73.3 Å². The fraction of sp³-hybridized carbons (Fsp3) is 0.432. The molecule has 0 bridgehead atoms. The van der Waals surface area contributed by atoms with Gasteiger partial charge in [0, 0.05) is 47.9 Å². The summed E-state index contributed by atoms with van der Waals surface area (Å²) in [7, 11) is 0. The Morgan fingerprint density at radius 3 is 2.50 bits per heavy atom. The molecule has 3 heteroatoms. The second-order valence-corrected chi connectivity index (χ2v) is 12.3. The van der Waals surface area contributed by atoms with E-state index in [1.165, 1.54) is 78.4 Å². The largest absolute Gasteiger partial charge is 0.372 e. The van der Waals surface area contributed by atoms with Crippen LogP contribution in [0.1, 0.15) is 83.3 Å². The number of allylic oxidation sites excluding steroid dienone is 2. The van der Waals surface area contributed by atoms with Crippen molar-refractivity contribution < 1.29 is 4.58 Å². The van der Waals surface area contributed by atoms with E-state index in [0.29, 0.717) is 0 Å². The van der Waals surface area contributed by atoms with E-state index >= 15 is 0 Å². The standard InChI is InChI=1S/C37H46ClN2/c1-5-25-37(4)35(24-21-30-19-22-31(27-33(30)38)39(6-2)7-3)40(26-13-12-16-28-14-8-9-15-28)34-23-20-29-17-10-11-18-32(29)36(34)37/h5,10-11,17-24,27-28H,1,6-9,12-16,25-26H2,2-4H3/q+1. The summed E-state index contributed by atoms with van der Waals surface area (Å²) < 4.78 is 2.61. The number of unbranched alkanes of at least 4 members (excludes halogenated alkanes) is 1. The first kappa shape index (κ1) is 28.7. The molecule has 1 aliphatic carbocycles. The first-order valence-corrected chi connectivity index (χ1v) is 15.9. The Bertz CT molecular complexity index is 1410. The molecule has 0 amide bonds. The number of fused-ring (bicyclic) bond motifs is 3. The molecular formula is C37H46ClN2+. The summed E-state index contributed by atoms with van der Waals surface area (Å²) in [5.41, 5.74) is 6.22. The van der Waals surface area contributed by atoms with E-state index in [9.17, 15) is 0 Å². The Balaban J connectivity index is 1.53. The number of rotatable bonds is 12. The Labute approximate surface area is 247 Å². The lowest BCUT2D eigenvalue weighted by molar-refractivity contribution is -0.438. The van der Waals surface area contributed by atoms with Gasteiger partial charge in [0.25, 0.3) is 0 Å². The summed E-state index contributed by atoms with van der Waals surface area (Å²) in [6.07, 6.45) is 17.2. The van der Waals surface area contributed by atoms with Crippen LogP contribution in [0, 0.1) is 5.92 Å². The number of halogens is 1. The summed E-state index contributed by atoms with van der Waals surface area (Å²) in [6, 6.07) is 20.0. The molecule has 3 aromatic carbocycles. The van der Waals surface area contributed by atoms with Gasteiger partial charge in [0.1, 0.15) is 6.54 Å². The second-order valence-electron chi connectivity index (χ2n) is 11.9. The van der Waals surface area contributed by atoms with Crippen LogP contribution in [0.4, 0.5) is 11.4 Å². The molecule has 5 rings (SSSR count). The Hall–Kier alpha value is -2.84. The van der Waals surface area contributed by atoms with Gasteiger partial charge in [-0.15, -0.1) is 6.58 Å². The van der Waals surface area contributed by atoms with E-state index < -0.39 is 0 Å². The summed E-state index contributed by atoms with van der Waals surface area (Å²) >= 11 is 6.86. The molecule has 210 valence electrons. The molecule has 1 aliphatic heterocycles. The van der Waals surface area contributed by atoms with Crippen molar-refractivity contribution in [2.24, 2.45) is 5.92 Å². The SMILES string of the molecule is C=CCC1(C)C(C=Cc2ccc(N(CC)CC)cc2Cl)=[N+](CCCCC2CCCC2)c2ccc3ccccc3c21. The zero-order valence-corrected chi connectivity index (χ0v) is 25.5. The molecule has 3 aromatic rings. The van der Waals surface area contributed by atoms with Crippen LogP contribution in [0.25, 0.3) is 16.8 Å². The van der Waals surface area contributed by atoms with Gasteiger partial charge < -0.3 is 4.90 Å². The maximum atomic E-state index is 6.86. The lowest BCUT2D eigenvalue weighted by Crippen LogP contribution is -2.31. The topological polar surface area (TPSA) is 6.25 Å². The van der Waals surface area contributed by atoms with Gasteiger partial charge in [0.05, 0.1) is 5.41 Å².